The Kier molecular flexibility index (Phi) is 8.98. The Balaban J connectivity index is 1.43. The third-order valence-electron chi connectivity index (χ3n) is 6.60. The lowest BCUT2D eigenvalue weighted by Crippen LogP contribution is -2.47. The molecule has 1 saturated carbocycles. The zero-order valence-electron chi connectivity index (χ0n) is 18.5. The second-order valence-electron chi connectivity index (χ2n) is 8.93. The van der Waals surface area contributed by atoms with Crippen LogP contribution in [0.15, 0.2) is 12.1 Å². The van der Waals surface area contributed by atoms with Gasteiger partial charge in [-0.25, -0.2) is 0 Å². The van der Waals surface area contributed by atoms with Gasteiger partial charge in [-0.3, -0.25) is 9.69 Å². The average molecular weight is 494 g/mol. The number of benzene rings is 1. The van der Waals surface area contributed by atoms with Crippen LogP contribution in [-0.4, -0.2) is 49.6 Å². The van der Waals surface area contributed by atoms with Gasteiger partial charge in [0.15, 0.2) is 0 Å². The van der Waals surface area contributed by atoms with Gasteiger partial charge >= 0.3 is 6.18 Å². The van der Waals surface area contributed by atoms with Gasteiger partial charge in [0.25, 0.3) is 0 Å². The maximum Gasteiger partial charge on any atom is 0.417 e. The molecule has 1 amide bonds. The Morgan fingerprint density at radius 1 is 1.06 bits per heavy atom. The van der Waals surface area contributed by atoms with E-state index in [4.69, 9.17) is 23.2 Å². The van der Waals surface area contributed by atoms with Crippen LogP contribution in [0.5, 0.6) is 0 Å². The predicted molar refractivity (Wildman–Crippen MR) is 124 cm³/mol. The van der Waals surface area contributed by atoms with Gasteiger partial charge in [0.1, 0.15) is 0 Å². The van der Waals surface area contributed by atoms with E-state index in [0.29, 0.717) is 37.2 Å². The highest BCUT2D eigenvalue weighted by atomic mass is 35.5. The van der Waals surface area contributed by atoms with Crippen molar-refractivity contribution in [1.29, 1.82) is 0 Å². The van der Waals surface area contributed by atoms with E-state index in [1.807, 2.05) is 11.8 Å². The number of alkyl halides is 3. The van der Waals surface area contributed by atoms with E-state index in [9.17, 15) is 18.0 Å². The summed E-state index contributed by atoms with van der Waals surface area (Å²) in [6, 6.07) is 2.58. The molecule has 1 aromatic rings. The SMILES string of the molecule is CCCC(=O)NC1CCC(CCN2CCN(c3cc(C(F)(F)F)c(Cl)cc3Cl)CC2)CC1. The van der Waals surface area contributed by atoms with Crippen LogP contribution in [-0.2, 0) is 11.0 Å². The van der Waals surface area contributed by atoms with Crippen LogP contribution in [0.2, 0.25) is 10.0 Å². The number of rotatable bonds is 7. The summed E-state index contributed by atoms with van der Waals surface area (Å²) >= 11 is 12.0. The predicted octanol–water partition coefficient (Wildman–Crippen LogP) is 6.00. The first-order valence-corrected chi connectivity index (χ1v) is 12.3. The minimum absolute atomic E-state index is 0.164. The number of amides is 1. The third-order valence-corrected chi connectivity index (χ3v) is 7.21. The zero-order valence-corrected chi connectivity index (χ0v) is 20.0. The lowest BCUT2D eigenvalue weighted by atomic mass is 9.84. The van der Waals surface area contributed by atoms with Crippen LogP contribution in [0.1, 0.15) is 57.4 Å². The summed E-state index contributed by atoms with van der Waals surface area (Å²) in [5.41, 5.74) is -0.450. The molecule has 1 saturated heterocycles. The Bertz CT molecular complexity index is 774. The third kappa shape index (κ3) is 6.91. The summed E-state index contributed by atoms with van der Waals surface area (Å²) in [5.74, 6) is 0.837. The normalized spacial score (nSPS) is 22.8. The van der Waals surface area contributed by atoms with Crippen LogP contribution < -0.4 is 10.2 Å². The van der Waals surface area contributed by atoms with E-state index in [1.54, 1.807) is 0 Å². The number of hydrogen-bond acceptors (Lipinski definition) is 3. The molecule has 180 valence electrons. The van der Waals surface area contributed by atoms with Crippen LogP contribution in [0.4, 0.5) is 18.9 Å². The molecule has 0 radical (unpaired) electrons. The van der Waals surface area contributed by atoms with Crippen molar-refractivity contribution in [1.82, 2.24) is 10.2 Å². The maximum absolute atomic E-state index is 13.2. The van der Waals surface area contributed by atoms with Gasteiger partial charge < -0.3 is 10.2 Å². The van der Waals surface area contributed by atoms with Gasteiger partial charge in [0, 0.05) is 38.6 Å². The molecule has 0 aromatic heterocycles. The molecular formula is C23H32Cl2F3N3O. The summed E-state index contributed by atoms with van der Waals surface area (Å²) in [7, 11) is 0. The molecular weight excluding hydrogens is 462 g/mol. The van der Waals surface area contributed by atoms with Crippen molar-refractivity contribution in [2.75, 3.05) is 37.6 Å². The van der Waals surface area contributed by atoms with Crippen molar-refractivity contribution in [2.24, 2.45) is 5.92 Å². The minimum atomic E-state index is -4.50. The Hall–Kier alpha value is -1.18. The number of hydrogen-bond donors (Lipinski definition) is 1. The number of anilines is 1. The Morgan fingerprint density at radius 3 is 2.31 bits per heavy atom. The standard InChI is InChI=1S/C23H32Cl2F3N3O/c1-2-3-22(32)29-17-6-4-16(5-7-17)8-9-30-10-12-31(13-11-30)21-14-18(23(26,27)28)19(24)15-20(21)25/h14-17H,2-13H2,1H3,(H,29,32). The number of nitrogens with one attached hydrogen (secondary N) is 1. The van der Waals surface area contributed by atoms with Crippen molar-refractivity contribution < 1.29 is 18.0 Å². The monoisotopic (exact) mass is 493 g/mol. The first kappa shape index (κ1) is 25.4. The summed E-state index contributed by atoms with van der Waals surface area (Å²) < 4.78 is 39.6. The van der Waals surface area contributed by atoms with Crippen molar-refractivity contribution in [3.05, 3.63) is 27.7 Å². The van der Waals surface area contributed by atoms with E-state index in [1.165, 1.54) is 6.07 Å². The van der Waals surface area contributed by atoms with Gasteiger partial charge in [0.2, 0.25) is 5.91 Å². The largest absolute Gasteiger partial charge is 0.417 e. The molecule has 0 atom stereocenters. The van der Waals surface area contributed by atoms with Crippen molar-refractivity contribution >= 4 is 34.8 Å². The molecule has 9 heteroatoms. The second-order valence-corrected chi connectivity index (χ2v) is 9.75. The molecule has 1 aromatic carbocycles. The molecule has 1 N–H and O–H groups in total. The van der Waals surface area contributed by atoms with Gasteiger partial charge in [-0.2, -0.15) is 13.2 Å². The fourth-order valence-corrected chi connectivity index (χ4v) is 5.31. The lowest BCUT2D eigenvalue weighted by molar-refractivity contribution is -0.137. The van der Waals surface area contributed by atoms with Crippen LogP contribution in [0.25, 0.3) is 0 Å². The molecule has 1 aliphatic carbocycles. The fourth-order valence-electron chi connectivity index (χ4n) is 4.70. The summed E-state index contributed by atoms with van der Waals surface area (Å²) in [4.78, 5) is 16.1. The first-order valence-electron chi connectivity index (χ1n) is 11.5. The van der Waals surface area contributed by atoms with Gasteiger partial charge in [-0.1, -0.05) is 30.1 Å². The van der Waals surface area contributed by atoms with Crippen molar-refractivity contribution in [2.45, 2.75) is 64.1 Å². The van der Waals surface area contributed by atoms with Crippen molar-refractivity contribution in [3.63, 3.8) is 0 Å². The quantitative estimate of drug-likeness (QED) is 0.505. The second kappa shape index (κ2) is 11.3. The average Bonchev–Trinajstić information content (AvgIpc) is 2.73. The smallest absolute Gasteiger partial charge is 0.368 e. The zero-order chi connectivity index (χ0) is 23.3. The highest BCUT2D eigenvalue weighted by Gasteiger charge is 2.35. The number of halogens is 5. The first-order chi connectivity index (χ1) is 15.2. The Labute approximate surface area is 198 Å². The molecule has 2 fully saturated rings. The minimum Gasteiger partial charge on any atom is -0.368 e. The molecule has 0 unspecified atom stereocenters. The number of carbonyl (C=O) groups is 1. The highest BCUT2D eigenvalue weighted by molar-refractivity contribution is 6.36. The van der Waals surface area contributed by atoms with Crippen LogP contribution in [0.3, 0.4) is 0 Å². The number of piperazine rings is 1. The molecule has 2 aliphatic rings. The van der Waals surface area contributed by atoms with E-state index in [2.05, 4.69) is 10.2 Å². The lowest BCUT2D eigenvalue weighted by Gasteiger charge is -2.38. The Morgan fingerprint density at radius 2 is 1.72 bits per heavy atom. The van der Waals surface area contributed by atoms with E-state index in [0.717, 1.165) is 64.2 Å². The van der Waals surface area contributed by atoms with Crippen LogP contribution in [0, 0.1) is 5.92 Å². The summed E-state index contributed by atoms with van der Waals surface area (Å²) in [6.07, 6.45) is 2.46. The van der Waals surface area contributed by atoms with Gasteiger partial charge in [-0.15, -0.1) is 0 Å². The van der Waals surface area contributed by atoms with E-state index < -0.39 is 11.7 Å². The summed E-state index contributed by atoms with van der Waals surface area (Å²) in [5, 5.41) is 3.02. The molecule has 0 bridgehead atoms. The van der Waals surface area contributed by atoms with Crippen molar-refractivity contribution in [3.8, 4) is 0 Å². The number of nitrogens with zero attached hydrogens (tertiary/aromatic N) is 2. The number of carbonyl (C=O) groups excluding carboxylic acids is 1. The van der Waals surface area contributed by atoms with Gasteiger partial charge in [0.05, 0.1) is 21.3 Å². The topological polar surface area (TPSA) is 35.6 Å². The van der Waals surface area contributed by atoms with Gasteiger partial charge in [-0.05, 0) is 63.1 Å². The fraction of sp³-hybridized carbons (Fsp3) is 0.696. The maximum atomic E-state index is 13.2. The molecule has 1 heterocycles. The van der Waals surface area contributed by atoms with E-state index in [-0.39, 0.29) is 16.0 Å². The molecule has 1 aliphatic heterocycles. The molecule has 3 rings (SSSR count). The van der Waals surface area contributed by atoms with Crippen LogP contribution >= 0.6 is 23.2 Å². The highest BCUT2D eigenvalue weighted by Crippen LogP contribution is 2.40. The molecule has 0 spiro atoms. The molecule has 4 nitrogen and oxygen atoms in total. The summed E-state index contributed by atoms with van der Waals surface area (Å²) in [6.45, 7) is 5.86. The van der Waals surface area contributed by atoms with E-state index >= 15 is 0 Å². The molecule has 32 heavy (non-hydrogen) atoms.